The molecule has 0 aromatic heterocycles. The van der Waals surface area contributed by atoms with E-state index in [1.807, 2.05) is 0 Å². The molecular weight excluding hydrogens is 286 g/mol. The van der Waals surface area contributed by atoms with Gasteiger partial charge in [-0.2, -0.15) is 17.2 Å². The number of halogens is 2. The topological polar surface area (TPSA) is 93.2 Å². The van der Waals surface area contributed by atoms with Crippen LogP contribution in [0.1, 0.15) is 25.7 Å². The van der Waals surface area contributed by atoms with Crippen molar-refractivity contribution in [3.05, 3.63) is 0 Å². The maximum Gasteiger partial charge on any atom is 0.402 e. The third-order valence-electron chi connectivity index (χ3n) is 3.45. The average molecular weight is 300 g/mol. The van der Waals surface area contributed by atoms with E-state index in [0.717, 1.165) is 12.8 Å². The SMILES string of the molecule is O=C(OCC(F)(F)S(=O)(=O)O)C1CCCC2(CO2)C1. The molecule has 0 amide bonds. The normalized spacial score (nSPS) is 31.2. The van der Waals surface area contributed by atoms with Crippen LogP contribution in [-0.2, 0) is 24.4 Å². The van der Waals surface area contributed by atoms with Crippen molar-refractivity contribution in [1.29, 1.82) is 0 Å². The summed E-state index contributed by atoms with van der Waals surface area (Å²) in [4.78, 5) is 11.6. The number of alkyl halides is 2. The first-order valence-electron chi connectivity index (χ1n) is 5.81. The van der Waals surface area contributed by atoms with Crippen LogP contribution in [0.3, 0.4) is 0 Å². The van der Waals surface area contributed by atoms with Gasteiger partial charge < -0.3 is 9.47 Å². The van der Waals surface area contributed by atoms with Gasteiger partial charge in [0.1, 0.15) is 0 Å². The molecule has 2 atom stereocenters. The van der Waals surface area contributed by atoms with Gasteiger partial charge >= 0.3 is 21.3 Å². The highest BCUT2D eigenvalue weighted by Gasteiger charge is 2.51. The zero-order valence-corrected chi connectivity index (χ0v) is 10.8. The lowest BCUT2D eigenvalue weighted by molar-refractivity contribution is -0.156. The van der Waals surface area contributed by atoms with Crippen molar-refractivity contribution in [1.82, 2.24) is 0 Å². The molecule has 0 bridgehead atoms. The van der Waals surface area contributed by atoms with Crippen molar-refractivity contribution < 1.29 is 36.0 Å². The number of esters is 1. The predicted molar refractivity (Wildman–Crippen MR) is 58.1 cm³/mol. The van der Waals surface area contributed by atoms with Crippen LogP contribution in [0, 0.1) is 5.92 Å². The number of carbonyl (C=O) groups is 1. The summed E-state index contributed by atoms with van der Waals surface area (Å²) < 4.78 is 64.3. The Morgan fingerprint density at radius 1 is 1.53 bits per heavy atom. The van der Waals surface area contributed by atoms with Crippen LogP contribution in [0.4, 0.5) is 8.78 Å². The summed E-state index contributed by atoms with van der Waals surface area (Å²) in [6, 6.07) is 0. The van der Waals surface area contributed by atoms with E-state index in [1.165, 1.54) is 0 Å². The molecule has 2 rings (SSSR count). The summed E-state index contributed by atoms with van der Waals surface area (Å²) in [7, 11) is -5.57. The quantitative estimate of drug-likeness (QED) is 0.472. The summed E-state index contributed by atoms with van der Waals surface area (Å²) >= 11 is 0. The van der Waals surface area contributed by atoms with E-state index in [2.05, 4.69) is 4.74 Å². The van der Waals surface area contributed by atoms with E-state index in [9.17, 15) is 22.0 Å². The maximum atomic E-state index is 12.9. The Hall–Kier alpha value is -0.800. The minimum atomic E-state index is -5.57. The van der Waals surface area contributed by atoms with E-state index in [4.69, 9.17) is 9.29 Å². The van der Waals surface area contributed by atoms with Gasteiger partial charge in [-0.15, -0.1) is 0 Å². The zero-order valence-electron chi connectivity index (χ0n) is 9.97. The molecule has 2 fully saturated rings. The Morgan fingerprint density at radius 2 is 2.16 bits per heavy atom. The molecule has 1 aliphatic carbocycles. The smallest absolute Gasteiger partial charge is 0.402 e. The van der Waals surface area contributed by atoms with E-state index < -0.39 is 33.9 Å². The third kappa shape index (κ3) is 3.21. The Balaban J connectivity index is 1.88. The summed E-state index contributed by atoms with van der Waals surface area (Å²) in [5.74, 6) is -1.44. The second-order valence-electron chi connectivity index (χ2n) is 4.99. The van der Waals surface area contributed by atoms with Gasteiger partial charge in [-0.3, -0.25) is 9.35 Å². The Labute approximate surface area is 108 Å². The first kappa shape index (κ1) is 14.6. The molecule has 1 spiro atoms. The number of ether oxygens (including phenoxy) is 2. The third-order valence-corrected chi connectivity index (χ3v) is 4.32. The standard InChI is InChI=1S/C10H14F2O6S/c11-10(12,19(14,15)16)6-17-8(13)7-2-1-3-9(4-7)5-18-9/h7H,1-6H2,(H,14,15,16). The second kappa shape index (κ2) is 4.64. The van der Waals surface area contributed by atoms with Gasteiger partial charge in [-0.1, -0.05) is 0 Å². The van der Waals surface area contributed by atoms with Gasteiger partial charge in [0.15, 0.2) is 6.61 Å². The lowest BCUT2D eigenvalue weighted by Crippen LogP contribution is -2.37. The van der Waals surface area contributed by atoms with Gasteiger partial charge in [0, 0.05) is 0 Å². The van der Waals surface area contributed by atoms with Crippen LogP contribution >= 0.6 is 0 Å². The molecule has 0 aromatic rings. The van der Waals surface area contributed by atoms with Crippen LogP contribution in [0.5, 0.6) is 0 Å². The van der Waals surface area contributed by atoms with Gasteiger partial charge in [0.05, 0.1) is 18.1 Å². The average Bonchev–Trinajstić information content (AvgIpc) is 3.04. The number of epoxide rings is 1. The van der Waals surface area contributed by atoms with E-state index in [-0.39, 0.29) is 5.60 Å². The molecule has 0 aromatic carbocycles. The van der Waals surface area contributed by atoms with Gasteiger partial charge in [0.2, 0.25) is 0 Å². The molecule has 1 aliphatic heterocycles. The summed E-state index contributed by atoms with van der Waals surface area (Å²) in [6.07, 6.45) is 2.47. The van der Waals surface area contributed by atoms with E-state index >= 15 is 0 Å². The fraction of sp³-hybridized carbons (Fsp3) is 0.900. The lowest BCUT2D eigenvalue weighted by atomic mass is 9.81. The number of rotatable bonds is 4. The Morgan fingerprint density at radius 3 is 2.68 bits per heavy atom. The monoisotopic (exact) mass is 300 g/mol. The molecule has 9 heteroatoms. The summed E-state index contributed by atoms with van der Waals surface area (Å²) in [5, 5.41) is -4.48. The zero-order chi connectivity index (χ0) is 14.3. The molecule has 110 valence electrons. The largest absolute Gasteiger partial charge is 0.458 e. The van der Waals surface area contributed by atoms with Gasteiger partial charge in [-0.25, -0.2) is 0 Å². The molecule has 1 N–H and O–H groups in total. The number of hydrogen-bond acceptors (Lipinski definition) is 5. The molecule has 1 saturated heterocycles. The van der Waals surface area contributed by atoms with Crippen LogP contribution in [0.15, 0.2) is 0 Å². The predicted octanol–water partition coefficient (Wildman–Crippen LogP) is 0.969. The Kier molecular flexibility index (Phi) is 3.56. The Bertz CT molecular complexity index is 470. The first-order valence-corrected chi connectivity index (χ1v) is 7.25. The van der Waals surface area contributed by atoms with Crippen molar-refractivity contribution in [3.63, 3.8) is 0 Å². The van der Waals surface area contributed by atoms with Crippen LogP contribution < -0.4 is 0 Å². The highest BCUT2D eigenvalue weighted by atomic mass is 32.2. The molecule has 1 heterocycles. The lowest BCUT2D eigenvalue weighted by Gasteiger charge is -2.25. The fourth-order valence-electron chi connectivity index (χ4n) is 2.24. The van der Waals surface area contributed by atoms with Crippen molar-refractivity contribution in [2.45, 2.75) is 36.5 Å². The highest BCUT2D eigenvalue weighted by molar-refractivity contribution is 7.86. The minimum absolute atomic E-state index is 0.312. The van der Waals surface area contributed by atoms with Crippen LogP contribution in [0.2, 0.25) is 0 Å². The van der Waals surface area contributed by atoms with E-state index in [0.29, 0.717) is 19.4 Å². The van der Waals surface area contributed by atoms with Gasteiger partial charge in [-0.05, 0) is 25.7 Å². The van der Waals surface area contributed by atoms with Gasteiger partial charge in [0.25, 0.3) is 0 Å². The van der Waals surface area contributed by atoms with Crippen molar-refractivity contribution >= 4 is 16.1 Å². The molecule has 0 radical (unpaired) electrons. The molecule has 1 saturated carbocycles. The van der Waals surface area contributed by atoms with Crippen molar-refractivity contribution in [2.24, 2.45) is 5.92 Å². The number of carbonyl (C=O) groups excluding carboxylic acids is 1. The molecule has 2 aliphatic rings. The van der Waals surface area contributed by atoms with E-state index in [1.54, 1.807) is 0 Å². The highest BCUT2D eigenvalue weighted by Crippen LogP contribution is 2.44. The minimum Gasteiger partial charge on any atom is -0.458 e. The van der Waals surface area contributed by atoms with Crippen LogP contribution in [0.25, 0.3) is 0 Å². The second-order valence-corrected chi connectivity index (χ2v) is 6.53. The maximum absolute atomic E-state index is 12.9. The molecular formula is C10H14F2O6S. The summed E-state index contributed by atoms with van der Waals surface area (Å²) in [5.41, 5.74) is -0.312. The first-order chi connectivity index (χ1) is 8.65. The fourth-order valence-corrected chi connectivity index (χ4v) is 2.44. The summed E-state index contributed by atoms with van der Waals surface area (Å²) in [6.45, 7) is -1.12. The molecule has 19 heavy (non-hydrogen) atoms. The van der Waals surface area contributed by atoms with Crippen molar-refractivity contribution in [2.75, 3.05) is 13.2 Å². The van der Waals surface area contributed by atoms with Crippen LogP contribution in [-0.4, -0.2) is 43.0 Å². The molecule has 6 nitrogen and oxygen atoms in total. The molecule has 2 unspecified atom stereocenters. The van der Waals surface area contributed by atoms with Crippen molar-refractivity contribution in [3.8, 4) is 0 Å². The number of hydrogen-bond donors (Lipinski definition) is 1.